The zero-order chi connectivity index (χ0) is 21.9. The Kier molecular flexibility index (Phi) is 6.88. The Labute approximate surface area is 188 Å². The van der Waals surface area contributed by atoms with Crippen LogP contribution in [0, 0.1) is 5.82 Å². The van der Waals surface area contributed by atoms with E-state index >= 15 is 0 Å². The Morgan fingerprint density at radius 1 is 0.933 bits per heavy atom. The van der Waals surface area contributed by atoms with E-state index in [0.29, 0.717) is 0 Å². The molecule has 0 unspecified atom stereocenters. The topological polar surface area (TPSA) is 66.5 Å². The minimum absolute atomic E-state index is 0.0290. The first kappa shape index (κ1) is 22.4. The minimum atomic E-state index is -4.15. The quantitative estimate of drug-likeness (QED) is 0.491. The van der Waals surface area contributed by atoms with Gasteiger partial charge < -0.3 is 5.32 Å². The van der Waals surface area contributed by atoms with E-state index in [9.17, 15) is 17.6 Å². The van der Waals surface area contributed by atoms with E-state index in [0.717, 1.165) is 10.4 Å². The molecule has 0 heterocycles. The van der Waals surface area contributed by atoms with Crippen molar-refractivity contribution in [3.05, 3.63) is 87.6 Å². The summed E-state index contributed by atoms with van der Waals surface area (Å²) in [6.45, 7) is -0.605. The van der Waals surface area contributed by atoms with Gasteiger partial charge in [-0.1, -0.05) is 53.0 Å². The Hall–Kier alpha value is -2.32. The zero-order valence-electron chi connectivity index (χ0n) is 15.2. The summed E-state index contributed by atoms with van der Waals surface area (Å²) in [6, 6.07) is 15.5. The van der Waals surface area contributed by atoms with Gasteiger partial charge in [-0.25, -0.2) is 12.8 Å². The summed E-state index contributed by atoms with van der Waals surface area (Å²) in [5, 5.41) is 2.65. The summed E-state index contributed by atoms with van der Waals surface area (Å²) in [7, 11) is -4.15. The van der Waals surface area contributed by atoms with Crippen LogP contribution in [0.2, 0.25) is 15.1 Å². The second kappa shape index (κ2) is 9.22. The van der Waals surface area contributed by atoms with Crippen LogP contribution in [0.15, 0.2) is 71.6 Å². The predicted molar refractivity (Wildman–Crippen MR) is 117 cm³/mol. The van der Waals surface area contributed by atoms with Crippen LogP contribution in [-0.4, -0.2) is 20.9 Å². The molecular weight excluding hydrogens is 474 g/mol. The highest BCUT2D eigenvalue weighted by atomic mass is 35.5. The van der Waals surface area contributed by atoms with Gasteiger partial charge in [-0.05, 0) is 48.5 Å². The summed E-state index contributed by atoms with van der Waals surface area (Å²) < 4.78 is 40.7. The molecule has 0 spiro atoms. The van der Waals surface area contributed by atoms with Gasteiger partial charge in [0.05, 0.1) is 20.6 Å². The van der Waals surface area contributed by atoms with Gasteiger partial charge in [0.15, 0.2) is 0 Å². The highest BCUT2D eigenvalue weighted by Crippen LogP contribution is 2.33. The number of benzene rings is 3. The van der Waals surface area contributed by atoms with Crippen LogP contribution < -0.4 is 9.62 Å². The number of anilines is 2. The molecule has 3 rings (SSSR count). The molecule has 0 atom stereocenters. The SMILES string of the molecule is O=C(CN(c1cc(Cl)ccc1Cl)S(=O)(=O)c1ccccc1)Nc1ccc(F)c(Cl)c1. The van der Waals surface area contributed by atoms with Crippen LogP contribution in [-0.2, 0) is 14.8 Å². The molecule has 0 aliphatic heterocycles. The van der Waals surface area contributed by atoms with Crippen LogP contribution in [0.25, 0.3) is 0 Å². The molecule has 3 aromatic rings. The molecule has 0 aliphatic rings. The fourth-order valence-corrected chi connectivity index (χ4v) is 4.67. The predicted octanol–water partition coefficient (Wildman–Crippen LogP) is 5.62. The number of carbonyl (C=O) groups is 1. The number of hydrogen-bond donors (Lipinski definition) is 1. The number of rotatable bonds is 6. The van der Waals surface area contributed by atoms with E-state index in [1.54, 1.807) is 18.2 Å². The maximum Gasteiger partial charge on any atom is 0.264 e. The van der Waals surface area contributed by atoms with Crippen LogP contribution in [0.1, 0.15) is 0 Å². The number of nitrogens with zero attached hydrogens (tertiary/aromatic N) is 1. The molecule has 0 aliphatic carbocycles. The highest BCUT2D eigenvalue weighted by molar-refractivity contribution is 7.92. The lowest BCUT2D eigenvalue weighted by atomic mass is 10.3. The van der Waals surface area contributed by atoms with Crippen molar-refractivity contribution in [1.29, 1.82) is 0 Å². The summed E-state index contributed by atoms with van der Waals surface area (Å²) >= 11 is 18.0. The van der Waals surface area contributed by atoms with Crippen molar-refractivity contribution in [3.63, 3.8) is 0 Å². The fourth-order valence-electron chi connectivity index (χ4n) is 2.60. The lowest BCUT2D eigenvalue weighted by molar-refractivity contribution is -0.114. The Bertz CT molecular complexity index is 1190. The van der Waals surface area contributed by atoms with Gasteiger partial charge in [-0.3, -0.25) is 9.10 Å². The summed E-state index contributed by atoms with van der Waals surface area (Å²) in [4.78, 5) is 12.6. The maximum atomic E-state index is 13.3. The van der Waals surface area contributed by atoms with E-state index in [2.05, 4.69) is 5.32 Å². The first-order valence-corrected chi connectivity index (χ1v) is 11.0. The third-order valence-electron chi connectivity index (χ3n) is 4.00. The van der Waals surface area contributed by atoms with Crippen LogP contribution in [0.3, 0.4) is 0 Å². The number of amides is 1. The lowest BCUT2D eigenvalue weighted by Crippen LogP contribution is -2.38. The Balaban J connectivity index is 1.98. The van der Waals surface area contributed by atoms with Gasteiger partial charge in [-0.2, -0.15) is 0 Å². The molecule has 156 valence electrons. The van der Waals surface area contributed by atoms with E-state index < -0.39 is 28.3 Å². The number of carbonyl (C=O) groups excluding carboxylic acids is 1. The smallest absolute Gasteiger partial charge is 0.264 e. The number of hydrogen-bond acceptors (Lipinski definition) is 3. The molecule has 0 saturated carbocycles. The normalized spacial score (nSPS) is 11.2. The van der Waals surface area contributed by atoms with Gasteiger partial charge in [0.25, 0.3) is 10.0 Å². The number of halogens is 4. The average molecular weight is 488 g/mol. The third-order valence-corrected chi connectivity index (χ3v) is 6.62. The van der Waals surface area contributed by atoms with E-state index in [-0.39, 0.29) is 31.3 Å². The number of sulfonamides is 1. The van der Waals surface area contributed by atoms with Crippen LogP contribution in [0.4, 0.5) is 15.8 Å². The van der Waals surface area contributed by atoms with Crippen LogP contribution in [0.5, 0.6) is 0 Å². The molecule has 0 radical (unpaired) electrons. The fraction of sp³-hybridized carbons (Fsp3) is 0.0500. The second-order valence-electron chi connectivity index (χ2n) is 6.10. The third kappa shape index (κ3) is 5.05. The van der Waals surface area contributed by atoms with E-state index in [1.165, 1.54) is 42.5 Å². The van der Waals surface area contributed by atoms with Crippen molar-refractivity contribution in [1.82, 2.24) is 0 Å². The van der Waals surface area contributed by atoms with Crippen molar-refractivity contribution in [2.24, 2.45) is 0 Å². The molecule has 0 saturated heterocycles. The highest BCUT2D eigenvalue weighted by Gasteiger charge is 2.29. The molecule has 3 aromatic carbocycles. The first-order valence-electron chi connectivity index (χ1n) is 8.46. The molecule has 1 amide bonds. The molecule has 0 fully saturated rings. The van der Waals surface area contributed by atoms with E-state index in [1.807, 2.05) is 0 Å². The van der Waals surface area contributed by atoms with Crippen LogP contribution >= 0.6 is 34.8 Å². The maximum absolute atomic E-state index is 13.3. The van der Waals surface area contributed by atoms with Crippen molar-refractivity contribution < 1.29 is 17.6 Å². The first-order chi connectivity index (χ1) is 14.2. The number of nitrogens with one attached hydrogen (secondary N) is 1. The van der Waals surface area contributed by atoms with Crippen molar-refractivity contribution in [2.75, 3.05) is 16.2 Å². The van der Waals surface area contributed by atoms with Gasteiger partial charge >= 0.3 is 0 Å². The molecule has 0 bridgehead atoms. The monoisotopic (exact) mass is 486 g/mol. The zero-order valence-corrected chi connectivity index (χ0v) is 18.2. The largest absolute Gasteiger partial charge is 0.324 e. The molecular formula is C20H14Cl3FN2O3S. The standard InChI is InChI=1S/C20H14Cl3FN2O3S/c21-13-6-8-16(22)19(10-13)26(30(28,29)15-4-2-1-3-5-15)12-20(27)25-14-7-9-18(24)17(23)11-14/h1-11H,12H2,(H,25,27). The van der Waals surface area contributed by atoms with Gasteiger partial charge in [0, 0.05) is 10.7 Å². The minimum Gasteiger partial charge on any atom is -0.324 e. The van der Waals surface area contributed by atoms with Crippen molar-refractivity contribution in [2.45, 2.75) is 4.90 Å². The molecule has 1 N–H and O–H groups in total. The van der Waals surface area contributed by atoms with Crippen molar-refractivity contribution in [3.8, 4) is 0 Å². The summed E-state index contributed by atoms with van der Waals surface area (Å²) in [5.41, 5.74) is 0.251. The van der Waals surface area contributed by atoms with E-state index in [4.69, 9.17) is 34.8 Å². The van der Waals surface area contributed by atoms with Gasteiger partial charge in [0.1, 0.15) is 12.4 Å². The average Bonchev–Trinajstić information content (AvgIpc) is 2.71. The second-order valence-corrected chi connectivity index (χ2v) is 9.21. The Morgan fingerprint density at radius 3 is 2.30 bits per heavy atom. The van der Waals surface area contributed by atoms with Gasteiger partial charge in [0.2, 0.25) is 5.91 Å². The Morgan fingerprint density at radius 2 is 1.63 bits per heavy atom. The molecule has 30 heavy (non-hydrogen) atoms. The molecule has 0 aromatic heterocycles. The molecule has 10 heteroatoms. The molecule has 5 nitrogen and oxygen atoms in total. The summed E-state index contributed by atoms with van der Waals surface area (Å²) in [6.07, 6.45) is 0. The lowest BCUT2D eigenvalue weighted by Gasteiger charge is -2.25. The van der Waals surface area contributed by atoms with Crippen molar-refractivity contribution >= 4 is 62.1 Å². The van der Waals surface area contributed by atoms with Gasteiger partial charge in [-0.15, -0.1) is 0 Å². The summed E-state index contributed by atoms with van der Waals surface area (Å²) in [5.74, 6) is -1.33.